The average molecular weight is 365 g/mol. The van der Waals surface area contributed by atoms with Crippen LogP contribution >= 0.6 is 23.4 Å². The second kappa shape index (κ2) is 6.58. The monoisotopic (exact) mass is 364 g/mol. The van der Waals surface area contributed by atoms with Crippen molar-refractivity contribution in [1.82, 2.24) is 0 Å². The number of nitrogens with zero attached hydrogens (tertiary/aromatic N) is 2. The van der Waals surface area contributed by atoms with Gasteiger partial charge in [-0.1, -0.05) is 47.6 Å². The SMILES string of the molecule is Cc1ccc(N=Cc2ccc3c(c2)Sc2ccccc2N3C)cc1Cl. The van der Waals surface area contributed by atoms with Crippen LogP contribution in [0.5, 0.6) is 0 Å². The zero-order valence-electron chi connectivity index (χ0n) is 14.0. The summed E-state index contributed by atoms with van der Waals surface area (Å²) in [5.41, 5.74) is 5.47. The number of para-hydroxylation sites is 1. The highest BCUT2D eigenvalue weighted by Crippen LogP contribution is 2.47. The maximum atomic E-state index is 6.17. The second-order valence-electron chi connectivity index (χ2n) is 6.05. The van der Waals surface area contributed by atoms with Crippen LogP contribution in [-0.4, -0.2) is 13.3 Å². The molecule has 4 rings (SSSR count). The summed E-state index contributed by atoms with van der Waals surface area (Å²) < 4.78 is 0. The van der Waals surface area contributed by atoms with Crippen LogP contribution in [0, 0.1) is 6.92 Å². The number of fused-ring (bicyclic) bond motifs is 2. The molecular formula is C21H17ClN2S. The predicted molar refractivity (Wildman–Crippen MR) is 109 cm³/mol. The lowest BCUT2D eigenvalue weighted by Crippen LogP contribution is -2.14. The Labute approximate surface area is 157 Å². The van der Waals surface area contributed by atoms with Gasteiger partial charge < -0.3 is 4.90 Å². The van der Waals surface area contributed by atoms with Gasteiger partial charge in [-0.25, -0.2) is 0 Å². The van der Waals surface area contributed by atoms with E-state index in [1.165, 1.54) is 21.2 Å². The first-order valence-corrected chi connectivity index (χ1v) is 9.26. The fraction of sp³-hybridized carbons (Fsp3) is 0.0952. The van der Waals surface area contributed by atoms with Gasteiger partial charge in [-0.15, -0.1) is 0 Å². The molecule has 0 aliphatic carbocycles. The van der Waals surface area contributed by atoms with E-state index in [0.717, 1.165) is 21.8 Å². The van der Waals surface area contributed by atoms with E-state index >= 15 is 0 Å². The van der Waals surface area contributed by atoms with Crippen molar-refractivity contribution in [1.29, 1.82) is 0 Å². The standard InChI is InChI=1S/C21H17ClN2S/c1-14-7-9-16(12-17(14)22)23-13-15-8-10-19-21(11-15)25-20-6-4-3-5-18(20)24(19)2/h3-13H,1-2H3. The van der Waals surface area contributed by atoms with E-state index in [9.17, 15) is 0 Å². The molecule has 1 heterocycles. The number of hydrogen-bond donors (Lipinski definition) is 0. The molecule has 3 aromatic rings. The Morgan fingerprint density at radius 1 is 0.960 bits per heavy atom. The Hall–Kier alpha value is -2.23. The topological polar surface area (TPSA) is 15.6 Å². The van der Waals surface area contributed by atoms with E-state index in [-0.39, 0.29) is 0 Å². The van der Waals surface area contributed by atoms with Gasteiger partial charge in [-0.05, 0) is 54.4 Å². The minimum Gasteiger partial charge on any atom is -0.343 e. The molecule has 0 amide bonds. The lowest BCUT2D eigenvalue weighted by molar-refractivity contribution is 1.11. The highest BCUT2D eigenvalue weighted by atomic mass is 35.5. The molecule has 1 aliphatic heterocycles. The number of halogens is 1. The van der Waals surface area contributed by atoms with Gasteiger partial charge in [0.05, 0.1) is 17.1 Å². The van der Waals surface area contributed by atoms with Crippen molar-refractivity contribution < 1.29 is 0 Å². The van der Waals surface area contributed by atoms with Crippen LogP contribution in [0.3, 0.4) is 0 Å². The fourth-order valence-corrected chi connectivity index (χ4v) is 4.22. The maximum Gasteiger partial charge on any atom is 0.0644 e. The molecule has 4 heteroatoms. The van der Waals surface area contributed by atoms with Crippen molar-refractivity contribution in [2.24, 2.45) is 4.99 Å². The molecular weight excluding hydrogens is 348 g/mol. The van der Waals surface area contributed by atoms with E-state index in [2.05, 4.69) is 59.4 Å². The molecule has 0 radical (unpaired) electrons. The van der Waals surface area contributed by atoms with Gasteiger partial charge in [-0.3, -0.25) is 4.99 Å². The van der Waals surface area contributed by atoms with E-state index in [4.69, 9.17) is 11.6 Å². The lowest BCUT2D eigenvalue weighted by atomic mass is 10.2. The molecule has 0 fully saturated rings. The summed E-state index contributed by atoms with van der Waals surface area (Å²) >= 11 is 7.97. The molecule has 0 saturated heterocycles. The molecule has 2 nitrogen and oxygen atoms in total. The van der Waals surface area contributed by atoms with Gasteiger partial charge in [0.25, 0.3) is 0 Å². The Bertz CT molecular complexity index is 981. The van der Waals surface area contributed by atoms with Crippen LogP contribution in [0.25, 0.3) is 0 Å². The van der Waals surface area contributed by atoms with Gasteiger partial charge >= 0.3 is 0 Å². The van der Waals surface area contributed by atoms with Crippen molar-refractivity contribution in [3.8, 4) is 0 Å². The molecule has 0 saturated carbocycles. The highest BCUT2D eigenvalue weighted by Gasteiger charge is 2.20. The summed E-state index contributed by atoms with van der Waals surface area (Å²) in [6, 6.07) is 20.8. The summed E-state index contributed by atoms with van der Waals surface area (Å²) in [5, 5.41) is 0.744. The minimum absolute atomic E-state index is 0.744. The smallest absolute Gasteiger partial charge is 0.0644 e. The van der Waals surface area contributed by atoms with Crippen molar-refractivity contribution in [3.05, 3.63) is 76.8 Å². The third-order valence-corrected chi connectivity index (χ3v) is 5.83. The number of benzene rings is 3. The van der Waals surface area contributed by atoms with Crippen molar-refractivity contribution in [2.75, 3.05) is 11.9 Å². The van der Waals surface area contributed by atoms with Gasteiger partial charge in [-0.2, -0.15) is 0 Å². The summed E-state index contributed by atoms with van der Waals surface area (Å²) in [4.78, 5) is 9.31. The van der Waals surface area contributed by atoms with Crippen LogP contribution in [0.4, 0.5) is 17.1 Å². The summed E-state index contributed by atoms with van der Waals surface area (Å²) in [6.07, 6.45) is 1.89. The van der Waals surface area contributed by atoms with Gasteiger partial charge in [0.15, 0.2) is 0 Å². The van der Waals surface area contributed by atoms with Crippen molar-refractivity contribution in [3.63, 3.8) is 0 Å². The average Bonchev–Trinajstić information content (AvgIpc) is 2.63. The largest absolute Gasteiger partial charge is 0.343 e. The van der Waals surface area contributed by atoms with Crippen LogP contribution in [-0.2, 0) is 0 Å². The first-order chi connectivity index (χ1) is 12.1. The highest BCUT2D eigenvalue weighted by molar-refractivity contribution is 7.99. The molecule has 0 bridgehead atoms. The van der Waals surface area contributed by atoms with E-state index in [0.29, 0.717) is 0 Å². The Balaban J connectivity index is 1.64. The molecule has 0 atom stereocenters. The number of aliphatic imine (C=N–C) groups is 1. The third kappa shape index (κ3) is 3.17. The van der Waals surface area contributed by atoms with Gasteiger partial charge in [0, 0.05) is 28.1 Å². The maximum absolute atomic E-state index is 6.17. The molecule has 1 aliphatic rings. The van der Waals surface area contributed by atoms with Crippen LogP contribution < -0.4 is 4.90 Å². The molecule has 3 aromatic carbocycles. The quantitative estimate of drug-likeness (QED) is 0.474. The Morgan fingerprint density at radius 3 is 2.60 bits per heavy atom. The first-order valence-electron chi connectivity index (χ1n) is 8.07. The summed E-state index contributed by atoms with van der Waals surface area (Å²) in [7, 11) is 2.11. The summed E-state index contributed by atoms with van der Waals surface area (Å²) in [5.74, 6) is 0. The molecule has 124 valence electrons. The third-order valence-electron chi connectivity index (χ3n) is 4.31. The Morgan fingerprint density at radius 2 is 1.76 bits per heavy atom. The van der Waals surface area contributed by atoms with Crippen molar-refractivity contribution in [2.45, 2.75) is 16.7 Å². The van der Waals surface area contributed by atoms with Gasteiger partial charge in [0.1, 0.15) is 0 Å². The molecule has 0 N–H and O–H groups in total. The summed E-state index contributed by atoms with van der Waals surface area (Å²) in [6.45, 7) is 1.99. The van der Waals surface area contributed by atoms with Crippen LogP contribution in [0.1, 0.15) is 11.1 Å². The van der Waals surface area contributed by atoms with Crippen molar-refractivity contribution >= 4 is 46.6 Å². The molecule has 0 aromatic heterocycles. The van der Waals surface area contributed by atoms with Gasteiger partial charge in [0.2, 0.25) is 0 Å². The number of aryl methyl sites for hydroxylation is 1. The minimum atomic E-state index is 0.744. The number of hydrogen-bond acceptors (Lipinski definition) is 3. The van der Waals surface area contributed by atoms with E-state index in [1.807, 2.05) is 31.3 Å². The Kier molecular flexibility index (Phi) is 4.28. The fourth-order valence-electron chi connectivity index (χ4n) is 2.85. The zero-order valence-corrected chi connectivity index (χ0v) is 15.6. The first kappa shape index (κ1) is 16.2. The van der Waals surface area contributed by atoms with Crippen LogP contribution in [0.15, 0.2) is 75.4 Å². The predicted octanol–water partition coefficient (Wildman–Crippen LogP) is 6.63. The zero-order chi connectivity index (χ0) is 17.4. The van der Waals surface area contributed by atoms with E-state index < -0.39 is 0 Å². The molecule has 25 heavy (non-hydrogen) atoms. The lowest BCUT2D eigenvalue weighted by Gasteiger charge is -2.29. The molecule has 0 spiro atoms. The number of rotatable bonds is 2. The second-order valence-corrected chi connectivity index (χ2v) is 7.54. The number of anilines is 2. The van der Waals surface area contributed by atoms with E-state index in [1.54, 1.807) is 11.8 Å². The van der Waals surface area contributed by atoms with Crippen LogP contribution in [0.2, 0.25) is 5.02 Å². The molecule has 0 unspecified atom stereocenters. The normalized spacial score (nSPS) is 13.0.